The maximum Gasteiger partial charge on any atom is 0.320 e. The second-order valence-corrected chi connectivity index (χ2v) is 6.32. The normalized spacial score (nSPS) is 13.7. The SMILES string of the molecule is CC[C@H](C)[C@H](NCC(=O)Nc1c(C)cccc1C(C)C)C(=O)O. The van der Waals surface area contributed by atoms with Gasteiger partial charge in [-0.25, -0.2) is 0 Å². The molecule has 0 aliphatic heterocycles. The molecule has 5 nitrogen and oxygen atoms in total. The number of anilines is 1. The minimum absolute atomic E-state index is 0.0207. The van der Waals surface area contributed by atoms with E-state index in [0.717, 1.165) is 23.2 Å². The third-order valence-corrected chi connectivity index (χ3v) is 4.15. The number of hydrogen-bond donors (Lipinski definition) is 3. The smallest absolute Gasteiger partial charge is 0.320 e. The second-order valence-electron chi connectivity index (χ2n) is 6.32. The fourth-order valence-corrected chi connectivity index (χ4v) is 2.50. The number of para-hydroxylation sites is 1. The highest BCUT2D eigenvalue weighted by atomic mass is 16.4. The molecule has 0 aliphatic rings. The van der Waals surface area contributed by atoms with Crippen molar-refractivity contribution in [3.05, 3.63) is 29.3 Å². The molecular weight excluding hydrogens is 292 g/mol. The number of aliphatic carboxylic acids is 1. The largest absolute Gasteiger partial charge is 0.480 e. The van der Waals surface area contributed by atoms with Crippen molar-refractivity contribution in [2.45, 2.75) is 53.0 Å². The second kappa shape index (κ2) is 8.67. The van der Waals surface area contributed by atoms with Crippen LogP contribution in [-0.2, 0) is 9.59 Å². The minimum atomic E-state index is -0.925. The van der Waals surface area contributed by atoms with Crippen LogP contribution in [0.5, 0.6) is 0 Å². The Balaban J connectivity index is 2.76. The number of hydrogen-bond acceptors (Lipinski definition) is 3. The molecule has 0 radical (unpaired) electrons. The van der Waals surface area contributed by atoms with Gasteiger partial charge in [0, 0.05) is 5.69 Å². The van der Waals surface area contributed by atoms with Gasteiger partial charge in [-0.05, 0) is 29.9 Å². The van der Waals surface area contributed by atoms with Crippen molar-refractivity contribution in [1.82, 2.24) is 5.32 Å². The molecule has 5 heteroatoms. The highest BCUT2D eigenvalue weighted by Gasteiger charge is 2.23. The lowest BCUT2D eigenvalue weighted by atomic mass is 9.98. The predicted molar refractivity (Wildman–Crippen MR) is 92.8 cm³/mol. The molecule has 0 saturated carbocycles. The van der Waals surface area contributed by atoms with E-state index < -0.39 is 12.0 Å². The molecule has 0 aliphatic carbocycles. The summed E-state index contributed by atoms with van der Waals surface area (Å²) >= 11 is 0. The predicted octanol–water partition coefficient (Wildman–Crippen LogP) is 3.15. The van der Waals surface area contributed by atoms with Gasteiger partial charge < -0.3 is 10.4 Å². The Kier molecular flexibility index (Phi) is 7.23. The fourth-order valence-electron chi connectivity index (χ4n) is 2.50. The van der Waals surface area contributed by atoms with E-state index in [1.54, 1.807) is 0 Å². The molecule has 128 valence electrons. The lowest BCUT2D eigenvalue weighted by Crippen LogP contribution is -2.45. The van der Waals surface area contributed by atoms with Crippen LogP contribution in [0.3, 0.4) is 0 Å². The summed E-state index contributed by atoms with van der Waals surface area (Å²) in [6, 6.07) is 5.21. The van der Waals surface area contributed by atoms with Gasteiger partial charge in [0.05, 0.1) is 6.54 Å². The van der Waals surface area contributed by atoms with Gasteiger partial charge in [0.25, 0.3) is 0 Å². The van der Waals surface area contributed by atoms with Crippen molar-refractivity contribution in [2.24, 2.45) is 5.92 Å². The van der Waals surface area contributed by atoms with E-state index in [1.165, 1.54) is 0 Å². The van der Waals surface area contributed by atoms with Crippen molar-refractivity contribution in [3.8, 4) is 0 Å². The first-order valence-corrected chi connectivity index (χ1v) is 8.13. The average Bonchev–Trinajstić information content (AvgIpc) is 2.48. The van der Waals surface area contributed by atoms with E-state index in [0.29, 0.717) is 5.92 Å². The molecule has 0 unspecified atom stereocenters. The topological polar surface area (TPSA) is 78.4 Å². The van der Waals surface area contributed by atoms with Crippen molar-refractivity contribution >= 4 is 17.6 Å². The summed E-state index contributed by atoms with van der Waals surface area (Å²) in [6.45, 7) is 9.88. The van der Waals surface area contributed by atoms with E-state index in [4.69, 9.17) is 0 Å². The van der Waals surface area contributed by atoms with E-state index in [1.807, 2.05) is 39.0 Å². The summed E-state index contributed by atoms with van der Waals surface area (Å²) in [5.41, 5.74) is 2.90. The lowest BCUT2D eigenvalue weighted by molar-refractivity contribution is -0.140. The molecule has 3 N–H and O–H groups in total. The Morgan fingerprint density at radius 2 is 1.87 bits per heavy atom. The number of aryl methyl sites for hydroxylation is 1. The van der Waals surface area contributed by atoms with Gasteiger partial charge in [0.1, 0.15) is 6.04 Å². The summed E-state index contributed by atoms with van der Waals surface area (Å²) < 4.78 is 0. The number of carboxylic acids is 1. The molecule has 0 heterocycles. The van der Waals surface area contributed by atoms with Crippen LogP contribution in [0.1, 0.15) is 51.2 Å². The number of benzene rings is 1. The van der Waals surface area contributed by atoms with Crippen LogP contribution < -0.4 is 10.6 Å². The van der Waals surface area contributed by atoms with Crippen LogP contribution >= 0.6 is 0 Å². The third-order valence-electron chi connectivity index (χ3n) is 4.15. The highest BCUT2D eigenvalue weighted by Crippen LogP contribution is 2.27. The van der Waals surface area contributed by atoms with Crippen LogP contribution in [0.2, 0.25) is 0 Å². The number of carboxylic acid groups (broad SMARTS) is 1. The van der Waals surface area contributed by atoms with Gasteiger partial charge in [-0.15, -0.1) is 0 Å². The summed E-state index contributed by atoms with van der Waals surface area (Å²) in [5, 5.41) is 15.0. The lowest BCUT2D eigenvalue weighted by Gasteiger charge is -2.21. The number of carbonyl (C=O) groups is 2. The molecule has 0 aromatic heterocycles. The molecule has 1 aromatic rings. The third kappa shape index (κ3) is 5.36. The monoisotopic (exact) mass is 320 g/mol. The van der Waals surface area contributed by atoms with Crippen molar-refractivity contribution in [3.63, 3.8) is 0 Å². The van der Waals surface area contributed by atoms with Crippen LogP contribution in [-0.4, -0.2) is 29.6 Å². The van der Waals surface area contributed by atoms with Gasteiger partial charge >= 0.3 is 5.97 Å². The van der Waals surface area contributed by atoms with E-state index >= 15 is 0 Å². The van der Waals surface area contributed by atoms with E-state index in [-0.39, 0.29) is 18.4 Å². The van der Waals surface area contributed by atoms with Gasteiger partial charge in [-0.2, -0.15) is 0 Å². The first kappa shape index (κ1) is 19.2. The van der Waals surface area contributed by atoms with Crippen LogP contribution in [0.25, 0.3) is 0 Å². The van der Waals surface area contributed by atoms with E-state index in [9.17, 15) is 14.7 Å². The molecule has 1 aromatic carbocycles. The summed E-state index contributed by atoms with van der Waals surface area (Å²) in [7, 11) is 0. The molecule has 0 saturated heterocycles. The maximum absolute atomic E-state index is 12.2. The quantitative estimate of drug-likeness (QED) is 0.687. The maximum atomic E-state index is 12.2. The zero-order valence-electron chi connectivity index (χ0n) is 14.6. The van der Waals surface area contributed by atoms with Crippen molar-refractivity contribution < 1.29 is 14.7 Å². The van der Waals surface area contributed by atoms with Crippen molar-refractivity contribution in [1.29, 1.82) is 0 Å². The van der Waals surface area contributed by atoms with Crippen LogP contribution in [0, 0.1) is 12.8 Å². The number of nitrogens with one attached hydrogen (secondary N) is 2. The Morgan fingerprint density at radius 3 is 2.39 bits per heavy atom. The molecule has 23 heavy (non-hydrogen) atoms. The standard InChI is InChI=1S/C18H28N2O3/c1-6-12(4)17(18(22)23)19-10-15(21)20-16-13(5)8-7-9-14(16)11(2)3/h7-9,11-12,17,19H,6,10H2,1-5H3,(H,20,21)(H,22,23)/t12-,17-/m0/s1. The number of carbonyl (C=O) groups excluding carboxylic acids is 1. The highest BCUT2D eigenvalue weighted by molar-refractivity contribution is 5.94. The van der Waals surface area contributed by atoms with Gasteiger partial charge in [-0.3, -0.25) is 14.9 Å². The first-order valence-electron chi connectivity index (χ1n) is 8.13. The fraction of sp³-hybridized carbons (Fsp3) is 0.556. The van der Waals surface area contributed by atoms with E-state index in [2.05, 4.69) is 24.5 Å². The van der Waals surface area contributed by atoms with Crippen molar-refractivity contribution in [2.75, 3.05) is 11.9 Å². The number of amides is 1. The molecule has 1 rings (SSSR count). The molecular formula is C18H28N2O3. The molecule has 1 amide bonds. The zero-order valence-corrected chi connectivity index (χ0v) is 14.6. The Bertz CT molecular complexity index is 555. The minimum Gasteiger partial charge on any atom is -0.480 e. The Morgan fingerprint density at radius 1 is 1.22 bits per heavy atom. The summed E-state index contributed by atoms with van der Waals surface area (Å²) in [4.78, 5) is 23.5. The van der Waals surface area contributed by atoms with Crippen LogP contribution in [0.4, 0.5) is 5.69 Å². The van der Waals surface area contributed by atoms with Gasteiger partial charge in [-0.1, -0.05) is 52.3 Å². The molecule has 0 bridgehead atoms. The van der Waals surface area contributed by atoms with Gasteiger partial charge in [0.2, 0.25) is 5.91 Å². The Labute approximate surface area is 138 Å². The summed E-state index contributed by atoms with van der Waals surface area (Å²) in [5.74, 6) is -0.892. The number of rotatable bonds is 8. The summed E-state index contributed by atoms with van der Waals surface area (Å²) in [6.07, 6.45) is 0.737. The molecule has 0 fully saturated rings. The molecule has 0 spiro atoms. The first-order chi connectivity index (χ1) is 10.8. The zero-order chi connectivity index (χ0) is 17.6. The van der Waals surface area contributed by atoms with Gasteiger partial charge in [0.15, 0.2) is 0 Å². The Hall–Kier alpha value is -1.88. The van der Waals surface area contributed by atoms with Crippen LogP contribution in [0.15, 0.2) is 18.2 Å². The molecule has 2 atom stereocenters. The average molecular weight is 320 g/mol.